The van der Waals surface area contributed by atoms with Crippen LogP contribution in [0.3, 0.4) is 0 Å². The van der Waals surface area contributed by atoms with E-state index in [1.165, 1.54) is 18.2 Å². The van der Waals surface area contributed by atoms with E-state index < -0.39 is 19.4 Å². The first-order valence-corrected chi connectivity index (χ1v) is 5.30. The zero-order valence-electron chi connectivity index (χ0n) is 9.31. The third kappa shape index (κ3) is 6.55. The summed E-state index contributed by atoms with van der Waals surface area (Å²) in [5.41, 5.74) is 2.14. The Labute approximate surface area is 110 Å². The van der Waals surface area contributed by atoms with Crippen LogP contribution >= 0.6 is 11.6 Å². The highest BCUT2D eigenvalue weighted by Crippen LogP contribution is 2.24. The molecule has 1 aromatic carbocycles. The highest BCUT2D eigenvalue weighted by atomic mass is 35.5. The van der Waals surface area contributed by atoms with Gasteiger partial charge < -0.3 is 4.74 Å². The molecule has 0 aliphatic rings. The van der Waals surface area contributed by atoms with Crippen LogP contribution in [0.2, 0.25) is 5.02 Å². The Bertz CT molecular complexity index is 413. The molecule has 0 radical (unpaired) electrons. The molecule has 9 heteroatoms. The van der Waals surface area contributed by atoms with Crippen molar-refractivity contribution in [2.45, 2.75) is 19.3 Å². The highest BCUT2D eigenvalue weighted by molar-refractivity contribution is 6.30. The summed E-state index contributed by atoms with van der Waals surface area (Å²) < 4.78 is 63.7. The van der Waals surface area contributed by atoms with E-state index in [-0.39, 0.29) is 22.9 Å². The number of alkyl halides is 5. The number of rotatable bonds is 6. The average molecular weight is 306 g/mol. The van der Waals surface area contributed by atoms with Crippen LogP contribution in [0.1, 0.15) is 5.56 Å². The molecule has 19 heavy (non-hydrogen) atoms. The van der Waals surface area contributed by atoms with Crippen LogP contribution in [0, 0.1) is 0 Å². The predicted molar refractivity (Wildman–Crippen MR) is 56.9 cm³/mol. The molecule has 1 N–H and O–H groups in total. The first-order valence-electron chi connectivity index (χ1n) is 4.92. The molecule has 0 aromatic heterocycles. The molecule has 0 amide bonds. The minimum Gasteiger partial charge on any atom is -0.434 e. The highest BCUT2D eigenvalue weighted by Gasteiger charge is 2.27. The fraction of sp³-hybridized carbons (Fsp3) is 0.400. The van der Waals surface area contributed by atoms with E-state index in [0.29, 0.717) is 0 Å². The van der Waals surface area contributed by atoms with Gasteiger partial charge in [0.25, 0.3) is 0 Å². The van der Waals surface area contributed by atoms with Gasteiger partial charge in [0.15, 0.2) is 6.61 Å². The molecule has 0 spiro atoms. The zero-order valence-corrected chi connectivity index (χ0v) is 10.1. The van der Waals surface area contributed by atoms with E-state index in [1.807, 2.05) is 5.48 Å². The van der Waals surface area contributed by atoms with Crippen LogP contribution in [0.25, 0.3) is 0 Å². The van der Waals surface area contributed by atoms with Crippen LogP contribution in [0.4, 0.5) is 22.0 Å². The van der Waals surface area contributed by atoms with Gasteiger partial charge in [0.2, 0.25) is 0 Å². The van der Waals surface area contributed by atoms with Gasteiger partial charge in [0.05, 0.1) is 0 Å². The fourth-order valence-electron chi connectivity index (χ4n) is 1.16. The van der Waals surface area contributed by atoms with Crippen molar-refractivity contribution in [3.8, 4) is 5.75 Å². The Balaban J connectivity index is 2.58. The van der Waals surface area contributed by atoms with Gasteiger partial charge in [-0.2, -0.15) is 27.4 Å². The number of hydrogen-bond donors (Lipinski definition) is 1. The quantitative estimate of drug-likeness (QED) is 0.495. The first kappa shape index (κ1) is 15.9. The summed E-state index contributed by atoms with van der Waals surface area (Å²) >= 11 is 5.65. The summed E-state index contributed by atoms with van der Waals surface area (Å²) in [6.07, 6.45) is -4.48. The van der Waals surface area contributed by atoms with Crippen molar-refractivity contribution >= 4 is 11.6 Å². The molecular weight excluding hydrogens is 297 g/mol. The standard InChI is InChI=1S/C10H9ClF5NO2/c11-7-1-2-8(19-9(12)13)6(3-7)4-17-18-5-10(14,15)16/h1-3,9,17H,4-5H2. The minimum atomic E-state index is -4.48. The average Bonchev–Trinajstić information content (AvgIpc) is 2.26. The molecule has 1 aromatic rings. The molecule has 0 unspecified atom stereocenters. The Morgan fingerprint density at radius 2 is 1.95 bits per heavy atom. The van der Waals surface area contributed by atoms with Crippen molar-refractivity contribution in [1.29, 1.82) is 0 Å². The van der Waals surface area contributed by atoms with Crippen LogP contribution in [-0.4, -0.2) is 19.4 Å². The molecule has 0 heterocycles. The van der Waals surface area contributed by atoms with Crippen molar-refractivity contribution in [3.05, 3.63) is 28.8 Å². The number of benzene rings is 1. The van der Waals surface area contributed by atoms with Crippen molar-refractivity contribution in [2.24, 2.45) is 0 Å². The molecule has 0 aliphatic heterocycles. The summed E-state index contributed by atoms with van der Waals surface area (Å²) in [5.74, 6) is -0.192. The van der Waals surface area contributed by atoms with Crippen molar-refractivity contribution in [1.82, 2.24) is 5.48 Å². The summed E-state index contributed by atoms with van der Waals surface area (Å²) in [7, 11) is 0. The number of hydrogen-bond acceptors (Lipinski definition) is 3. The first-order chi connectivity index (χ1) is 8.78. The molecule has 0 bridgehead atoms. The van der Waals surface area contributed by atoms with E-state index in [2.05, 4.69) is 9.57 Å². The number of ether oxygens (including phenoxy) is 1. The largest absolute Gasteiger partial charge is 0.434 e. The molecule has 108 valence electrons. The topological polar surface area (TPSA) is 30.5 Å². The van der Waals surface area contributed by atoms with Crippen molar-refractivity contribution in [3.63, 3.8) is 0 Å². The van der Waals surface area contributed by atoms with Crippen LogP contribution in [0.15, 0.2) is 18.2 Å². The normalized spacial score (nSPS) is 11.9. The second-order valence-electron chi connectivity index (χ2n) is 3.36. The Morgan fingerprint density at radius 3 is 2.53 bits per heavy atom. The van der Waals surface area contributed by atoms with E-state index in [9.17, 15) is 22.0 Å². The maximum absolute atomic E-state index is 12.1. The van der Waals surface area contributed by atoms with Gasteiger partial charge in [0, 0.05) is 17.1 Å². The van der Waals surface area contributed by atoms with Crippen LogP contribution < -0.4 is 10.2 Å². The van der Waals surface area contributed by atoms with Gasteiger partial charge in [-0.05, 0) is 18.2 Å². The second-order valence-corrected chi connectivity index (χ2v) is 3.79. The van der Waals surface area contributed by atoms with Crippen LogP contribution in [-0.2, 0) is 11.4 Å². The summed E-state index contributed by atoms with van der Waals surface area (Å²) in [5, 5.41) is 0.231. The van der Waals surface area contributed by atoms with E-state index in [4.69, 9.17) is 11.6 Å². The Morgan fingerprint density at radius 1 is 1.26 bits per heavy atom. The number of halogens is 6. The number of nitrogens with one attached hydrogen (secondary N) is 1. The van der Waals surface area contributed by atoms with Crippen LogP contribution in [0.5, 0.6) is 5.75 Å². The minimum absolute atomic E-state index is 0.148. The molecule has 3 nitrogen and oxygen atoms in total. The fourth-order valence-corrected chi connectivity index (χ4v) is 1.35. The molecular formula is C10H9ClF5NO2. The van der Waals surface area contributed by atoms with Gasteiger partial charge in [-0.15, -0.1) is 0 Å². The molecule has 1 rings (SSSR count). The monoisotopic (exact) mass is 305 g/mol. The second kappa shape index (κ2) is 6.88. The van der Waals surface area contributed by atoms with Gasteiger partial charge >= 0.3 is 12.8 Å². The lowest BCUT2D eigenvalue weighted by molar-refractivity contribution is -0.190. The molecule has 0 saturated heterocycles. The van der Waals surface area contributed by atoms with Gasteiger partial charge in [-0.25, -0.2) is 0 Å². The predicted octanol–water partition coefficient (Wildman–Crippen LogP) is 3.52. The lowest BCUT2D eigenvalue weighted by atomic mass is 10.2. The number of hydroxylamine groups is 1. The summed E-state index contributed by atoms with van der Waals surface area (Å²) in [6, 6.07) is 3.79. The maximum atomic E-state index is 12.1. The lowest BCUT2D eigenvalue weighted by Gasteiger charge is -2.12. The van der Waals surface area contributed by atoms with Gasteiger partial charge in [0.1, 0.15) is 5.75 Å². The SMILES string of the molecule is FC(F)Oc1ccc(Cl)cc1CNOCC(F)(F)F. The van der Waals surface area contributed by atoms with E-state index >= 15 is 0 Å². The smallest absolute Gasteiger partial charge is 0.413 e. The Hall–Kier alpha value is -1.12. The Kier molecular flexibility index (Phi) is 5.77. The van der Waals surface area contributed by atoms with E-state index in [1.54, 1.807) is 0 Å². The lowest BCUT2D eigenvalue weighted by Crippen LogP contribution is -2.24. The molecule has 0 aliphatic carbocycles. The molecule has 0 atom stereocenters. The van der Waals surface area contributed by atoms with Gasteiger partial charge in [-0.1, -0.05) is 11.6 Å². The van der Waals surface area contributed by atoms with Crippen molar-refractivity contribution in [2.75, 3.05) is 6.61 Å². The third-order valence-electron chi connectivity index (χ3n) is 1.84. The third-order valence-corrected chi connectivity index (χ3v) is 2.07. The van der Waals surface area contributed by atoms with E-state index in [0.717, 1.165) is 0 Å². The molecule has 0 saturated carbocycles. The van der Waals surface area contributed by atoms with Crippen molar-refractivity contribution < 1.29 is 31.5 Å². The maximum Gasteiger partial charge on any atom is 0.413 e. The zero-order chi connectivity index (χ0) is 14.5. The summed E-state index contributed by atoms with van der Waals surface area (Å²) in [4.78, 5) is 4.14. The van der Waals surface area contributed by atoms with Gasteiger partial charge in [-0.3, -0.25) is 4.84 Å². The molecule has 0 fully saturated rings. The summed E-state index contributed by atoms with van der Waals surface area (Å²) in [6.45, 7) is -4.81.